The van der Waals surface area contributed by atoms with Gasteiger partial charge in [0.25, 0.3) is 0 Å². The van der Waals surface area contributed by atoms with Gasteiger partial charge in [0, 0.05) is 4.47 Å². The van der Waals surface area contributed by atoms with Gasteiger partial charge in [-0.05, 0) is 40.2 Å². The lowest BCUT2D eigenvalue weighted by atomic mass is 10.0. The number of carbonyl (C=O) groups excluding carboxylic acids is 1. The number of ether oxygens (including phenoxy) is 1. The first kappa shape index (κ1) is 15.9. The summed E-state index contributed by atoms with van der Waals surface area (Å²) in [6, 6.07) is 7.98. The smallest absolute Gasteiger partial charge is 0.387 e. The Kier molecular flexibility index (Phi) is 4.90. The highest BCUT2D eigenvalue weighted by Gasteiger charge is 2.21. The maximum atomic E-state index is 14.0. The lowest BCUT2D eigenvalue weighted by molar-refractivity contribution is -0.0501. The van der Waals surface area contributed by atoms with E-state index in [1.807, 2.05) is 0 Å². The summed E-state index contributed by atoms with van der Waals surface area (Å²) in [7, 11) is 0. The average molecular weight is 380 g/mol. The number of halogens is 5. The van der Waals surface area contributed by atoms with Gasteiger partial charge in [0.1, 0.15) is 5.75 Å². The predicted octanol–water partition coefficient (Wildman–Crippen LogP) is 5.07. The lowest BCUT2D eigenvalue weighted by Gasteiger charge is -2.10. The van der Waals surface area contributed by atoms with Gasteiger partial charge in [-0.15, -0.1) is 0 Å². The Morgan fingerprint density at radius 1 is 1.14 bits per heavy atom. The first-order valence-corrected chi connectivity index (χ1v) is 6.81. The van der Waals surface area contributed by atoms with Crippen molar-refractivity contribution in [1.82, 2.24) is 0 Å². The first-order valence-electron chi connectivity index (χ1n) is 5.64. The Bertz CT molecular complexity index is 692. The van der Waals surface area contributed by atoms with Crippen LogP contribution in [0.2, 0.25) is 5.02 Å². The fourth-order valence-corrected chi connectivity index (χ4v) is 2.17. The highest BCUT2D eigenvalue weighted by atomic mass is 79.9. The van der Waals surface area contributed by atoms with Crippen LogP contribution in [-0.2, 0) is 0 Å². The fourth-order valence-electron chi connectivity index (χ4n) is 1.70. The summed E-state index contributed by atoms with van der Waals surface area (Å²) in [5.41, 5.74) is -0.497. The second kappa shape index (κ2) is 6.49. The van der Waals surface area contributed by atoms with Crippen LogP contribution in [-0.4, -0.2) is 12.4 Å². The van der Waals surface area contributed by atoms with E-state index in [0.717, 1.165) is 0 Å². The van der Waals surface area contributed by atoms with Crippen LogP contribution in [0.1, 0.15) is 15.9 Å². The van der Waals surface area contributed by atoms with Crippen molar-refractivity contribution in [2.24, 2.45) is 0 Å². The minimum absolute atomic E-state index is 0.171. The maximum absolute atomic E-state index is 14.0. The molecule has 0 saturated heterocycles. The highest BCUT2D eigenvalue weighted by molar-refractivity contribution is 9.10. The van der Waals surface area contributed by atoms with Crippen LogP contribution in [0.15, 0.2) is 40.9 Å². The number of alkyl halides is 2. The SMILES string of the molecule is O=C(c1ccccc1OC(F)F)c1ccc(Br)c(Cl)c1F. The number of hydrogen-bond acceptors (Lipinski definition) is 2. The number of ketones is 1. The average Bonchev–Trinajstić information content (AvgIpc) is 2.44. The molecule has 0 spiro atoms. The molecule has 0 aliphatic heterocycles. The van der Waals surface area contributed by atoms with Gasteiger partial charge >= 0.3 is 6.61 Å². The van der Waals surface area contributed by atoms with Gasteiger partial charge in [-0.1, -0.05) is 23.7 Å². The van der Waals surface area contributed by atoms with Crippen LogP contribution in [0, 0.1) is 5.82 Å². The molecule has 110 valence electrons. The Morgan fingerprint density at radius 2 is 1.81 bits per heavy atom. The molecule has 0 aromatic heterocycles. The lowest BCUT2D eigenvalue weighted by Crippen LogP contribution is -2.10. The minimum atomic E-state index is -3.09. The summed E-state index contributed by atoms with van der Waals surface area (Å²) in [6.45, 7) is -3.09. The summed E-state index contributed by atoms with van der Waals surface area (Å²) in [5.74, 6) is -2.04. The zero-order valence-electron chi connectivity index (χ0n) is 10.2. The topological polar surface area (TPSA) is 26.3 Å². The number of carbonyl (C=O) groups is 1. The van der Waals surface area contributed by atoms with Crippen molar-refractivity contribution in [1.29, 1.82) is 0 Å². The van der Waals surface area contributed by atoms with Crippen molar-refractivity contribution in [3.8, 4) is 5.75 Å². The first-order chi connectivity index (χ1) is 9.91. The summed E-state index contributed by atoms with van der Waals surface area (Å²) in [5, 5.41) is -0.256. The third-order valence-corrected chi connectivity index (χ3v) is 3.89. The fraction of sp³-hybridized carbons (Fsp3) is 0.0714. The molecular formula is C14H7BrClF3O2. The molecule has 0 aliphatic rings. The largest absolute Gasteiger partial charge is 0.434 e. The number of hydrogen-bond donors (Lipinski definition) is 0. The molecule has 21 heavy (non-hydrogen) atoms. The second-order valence-corrected chi connectivity index (χ2v) is 5.16. The summed E-state index contributed by atoms with van der Waals surface area (Å²) in [4.78, 5) is 12.3. The van der Waals surface area contributed by atoms with E-state index in [9.17, 15) is 18.0 Å². The van der Waals surface area contributed by atoms with Crippen molar-refractivity contribution in [3.63, 3.8) is 0 Å². The molecule has 0 saturated carbocycles. The van der Waals surface area contributed by atoms with Gasteiger partial charge in [-0.25, -0.2) is 4.39 Å². The van der Waals surface area contributed by atoms with Gasteiger partial charge in [-0.2, -0.15) is 8.78 Å². The Hall–Kier alpha value is -1.53. The van der Waals surface area contributed by atoms with Crippen molar-refractivity contribution < 1.29 is 22.7 Å². The number of rotatable bonds is 4. The van der Waals surface area contributed by atoms with Gasteiger partial charge in [0.05, 0.1) is 16.1 Å². The molecule has 0 bridgehead atoms. The van der Waals surface area contributed by atoms with Crippen molar-refractivity contribution >= 4 is 33.3 Å². The van der Waals surface area contributed by atoms with Crippen LogP contribution in [0.3, 0.4) is 0 Å². The van der Waals surface area contributed by atoms with Crippen LogP contribution in [0.4, 0.5) is 13.2 Å². The molecule has 0 atom stereocenters. The van der Waals surface area contributed by atoms with Crippen molar-refractivity contribution in [2.75, 3.05) is 0 Å². The molecule has 0 aliphatic carbocycles. The molecule has 2 rings (SSSR count). The van der Waals surface area contributed by atoms with E-state index in [1.54, 1.807) is 0 Å². The molecule has 0 unspecified atom stereocenters. The number of benzene rings is 2. The molecule has 2 nitrogen and oxygen atoms in total. The molecule has 0 heterocycles. The molecule has 2 aromatic rings. The third kappa shape index (κ3) is 3.39. The molecule has 0 fully saturated rings. The van der Waals surface area contributed by atoms with Crippen molar-refractivity contribution in [2.45, 2.75) is 6.61 Å². The standard InChI is InChI=1S/C14H7BrClF3O2/c15-9-6-5-8(12(17)11(9)16)13(20)7-3-1-2-4-10(7)21-14(18)19/h1-6,14H. The Labute approximate surface area is 131 Å². The zero-order chi connectivity index (χ0) is 15.6. The van der Waals surface area contributed by atoms with E-state index >= 15 is 0 Å². The van der Waals surface area contributed by atoms with E-state index < -0.39 is 18.2 Å². The third-order valence-electron chi connectivity index (χ3n) is 2.63. The summed E-state index contributed by atoms with van der Waals surface area (Å²) in [6.07, 6.45) is 0. The molecule has 0 N–H and O–H groups in total. The maximum Gasteiger partial charge on any atom is 0.387 e. The highest BCUT2D eigenvalue weighted by Crippen LogP contribution is 2.30. The van der Waals surface area contributed by atoms with Crippen LogP contribution < -0.4 is 4.74 Å². The second-order valence-electron chi connectivity index (χ2n) is 3.93. The zero-order valence-corrected chi connectivity index (χ0v) is 12.6. The molecular weight excluding hydrogens is 373 g/mol. The molecule has 7 heteroatoms. The van der Waals surface area contributed by atoms with Crippen LogP contribution in [0.25, 0.3) is 0 Å². The van der Waals surface area contributed by atoms with Gasteiger partial charge in [-0.3, -0.25) is 4.79 Å². The predicted molar refractivity (Wildman–Crippen MR) is 75.6 cm³/mol. The van der Waals surface area contributed by atoms with E-state index in [2.05, 4.69) is 20.7 Å². The van der Waals surface area contributed by atoms with Gasteiger partial charge in [0.2, 0.25) is 0 Å². The van der Waals surface area contributed by atoms with Gasteiger partial charge < -0.3 is 4.74 Å². The van der Waals surface area contributed by atoms with E-state index in [1.165, 1.54) is 36.4 Å². The van der Waals surface area contributed by atoms with Crippen LogP contribution in [0.5, 0.6) is 5.75 Å². The van der Waals surface area contributed by atoms with Gasteiger partial charge in [0.15, 0.2) is 11.6 Å². The van der Waals surface area contributed by atoms with Crippen LogP contribution >= 0.6 is 27.5 Å². The van der Waals surface area contributed by atoms with E-state index in [0.29, 0.717) is 0 Å². The summed E-state index contributed by atoms with van der Waals surface area (Å²) >= 11 is 8.74. The van der Waals surface area contributed by atoms with E-state index in [-0.39, 0.29) is 26.4 Å². The molecule has 2 aromatic carbocycles. The Balaban J connectivity index is 2.48. The number of para-hydroxylation sites is 1. The van der Waals surface area contributed by atoms with E-state index in [4.69, 9.17) is 11.6 Å². The van der Waals surface area contributed by atoms with Crippen molar-refractivity contribution in [3.05, 3.63) is 62.8 Å². The quantitative estimate of drug-likeness (QED) is 0.547. The monoisotopic (exact) mass is 378 g/mol. The minimum Gasteiger partial charge on any atom is -0.434 e. The molecule has 0 radical (unpaired) electrons. The Morgan fingerprint density at radius 3 is 2.48 bits per heavy atom. The summed E-state index contributed by atoms with van der Waals surface area (Å²) < 4.78 is 43.2. The normalized spacial score (nSPS) is 10.8. The molecule has 0 amide bonds.